The summed E-state index contributed by atoms with van der Waals surface area (Å²) in [5.41, 5.74) is 7.67. The highest BCUT2D eigenvalue weighted by Crippen LogP contribution is 2.14. The van der Waals surface area contributed by atoms with E-state index in [2.05, 4.69) is 44.8 Å². The lowest BCUT2D eigenvalue weighted by atomic mass is 10.1. The molecule has 0 bridgehead atoms. The molecule has 1 aromatic carbocycles. The predicted molar refractivity (Wildman–Crippen MR) is 117 cm³/mol. The maximum absolute atomic E-state index is 11.1. The third-order valence-corrected chi connectivity index (χ3v) is 5.64. The molecule has 0 saturated carbocycles. The molecule has 0 spiro atoms. The van der Waals surface area contributed by atoms with Crippen molar-refractivity contribution < 1.29 is 14.3 Å². The number of primary amides is 1. The van der Waals surface area contributed by atoms with Crippen molar-refractivity contribution in [3.8, 4) is 0 Å². The number of likely N-dealkylation sites (tertiary alicyclic amines) is 1. The Morgan fingerprint density at radius 2 is 1.97 bits per heavy atom. The molecule has 0 atom stereocenters. The number of piperidine rings is 1. The van der Waals surface area contributed by atoms with E-state index in [1.54, 1.807) is 7.05 Å². The molecule has 8 heteroatoms. The zero-order chi connectivity index (χ0) is 21.2. The van der Waals surface area contributed by atoms with Gasteiger partial charge in [-0.1, -0.05) is 24.3 Å². The Bertz CT molecular complexity index is 698. The lowest BCUT2D eigenvalue weighted by Gasteiger charge is -2.32. The van der Waals surface area contributed by atoms with Gasteiger partial charge < -0.3 is 25.8 Å². The number of nitrogens with zero attached hydrogens (tertiary/aromatic N) is 2. The smallest absolute Gasteiger partial charge is 0.231 e. The van der Waals surface area contributed by atoms with Gasteiger partial charge in [0.1, 0.15) is 0 Å². The number of hydrogen-bond donors (Lipinski definition) is 3. The van der Waals surface area contributed by atoms with E-state index < -0.39 is 0 Å². The van der Waals surface area contributed by atoms with Crippen LogP contribution in [0.25, 0.3) is 0 Å². The van der Waals surface area contributed by atoms with Gasteiger partial charge in [0.05, 0.1) is 19.3 Å². The van der Waals surface area contributed by atoms with Gasteiger partial charge in [-0.2, -0.15) is 0 Å². The normalized spacial score (nSPS) is 19.6. The Balaban J connectivity index is 1.41. The number of amides is 1. The summed E-state index contributed by atoms with van der Waals surface area (Å²) in [6.45, 7) is 5.00. The van der Waals surface area contributed by atoms with Gasteiger partial charge in [0, 0.05) is 45.9 Å². The summed E-state index contributed by atoms with van der Waals surface area (Å²) < 4.78 is 11.4. The average molecular weight is 418 g/mol. The summed E-state index contributed by atoms with van der Waals surface area (Å²) in [7, 11) is 1.79. The molecule has 3 rings (SSSR count). The topological polar surface area (TPSA) is 101 Å². The van der Waals surface area contributed by atoms with Gasteiger partial charge in [0.25, 0.3) is 0 Å². The molecule has 1 aromatic rings. The average Bonchev–Trinajstić information content (AvgIpc) is 2.77. The third-order valence-electron chi connectivity index (χ3n) is 5.64. The molecule has 166 valence electrons. The van der Waals surface area contributed by atoms with Crippen LogP contribution in [0.5, 0.6) is 0 Å². The first kappa shape index (κ1) is 22.5. The number of carbonyl (C=O) groups is 1. The number of guanidine groups is 1. The van der Waals surface area contributed by atoms with Crippen LogP contribution in [-0.4, -0.2) is 68.8 Å². The molecule has 0 radical (unpaired) electrons. The molecule has 0 unspecified atom stereocenters. The first-order valence-corrected chi connectivity index (χ1v) is 10.9. The fourth-order valence-corrected chi connectivity index (χ4v) is 3.92. The molecule has 8 nitrogen and oxygen atoms in total. The molecule has 30 heavy (non-hydrogen) atoms. The Morgan fingerprint density at radius 1 is 1.23 bits per heavy atom. The van der Waals surface area contributed by atoms with Crippen LogP contribution >= 0.6 is 0 Å². The summed E-state index contributed by atoms with van der Waals surface area (Å²) in [4.78, 5) is 17.5. The number of carbonyl (C=O) groups excluding carboxylic acids is 1. The second-order valence-electron chi connectivity index (χ2n) is 8.03. The minimum atomic E-state index is -0.265. The SMILES string of the molecule is CN=C(NCc1cccc(COC2CCOCC2)c1)NC1CCN(CC(N)=O)CC1. The molecule has 4 N–H and O–H groups in total. The molecular formula is C22H35N5O3. The summed E-state index contributed by atoms with van der Waals surface area (Å²) >= 11 is 0. The lowest BCUT2D eigenvalue weighted by molar-refractivity contribution is -0.119. The Morgan fingerprint density at radius 3 is 2.67 bits per heavy atom. The maximum Gasteiger partial charge on any atom is 0.231 e. The second kappa shape index (κ2) is 11.9. The molecular weight excluding hydrogens is 382 g/mol. The molecule has 1 amide bonds. The van der Waals surface area contributed by atoms with E-state index in [9.17, 15) is 4.79 Å². The standard InChI is InChI=1S/C22H35N5O3/c1-24-22(26-19-5-9-27(10-6-19)15-21(23)28)25-14-17-3-2-4-18(13-17)16-30-20-7-11-29-12-8-20/h2-4,13,19-20H,5-12,14-16H2,1H3,(H2,23,28)(H2,24,25,26). The van der Waals surface area contributed by atoms with Crippen molar-refractivity contribution in [3.63, 3.8) is 0 Å². The monoisotopic (exact) mass is 417 g/mol. The molecule has 2 heterocycles. The number of nitrogens with one attached hydrogen (secondary N) is 2. The number of aliphatic imine (C=N–C) groups is 1. The van der Waals surface area contributed by atoms with E-state index in [0.717, 1.165) is 57.9 Å². The number of nitrogens with two attached hydrogens (primary N) is 1. The first-order valence-electron chi connectivity index (χ1n) is 10.9. The van der Waals surface area contributed by atoms with E-state index in [0.29, 0.717) is 31.8 Å². The second-order valence-corrected chi connectivity index (χ2v) is 8.03. The largest absolute Gasteiger partial charge is 0.381 e. The van der Waals surface area contributed by atoms with Crippen molar-refractivity contribution in [2.45, 2.75) is 51.0 Å². The zero-order valence-electron chi connectivity index (χ0n) is 17.9. The summed E-state index contributed by atoms with van der Waals surface area (Å²) in [5.74, 6) is 0.534. The molecule has 2 aliphatic heterocycles. The first-order chi connectivity index (χ1) is 14.6. The van der Waals surface area contributed by atoms with E-state index in [4.69, 9.17) is 15.2 Å². The van der Waals surface area contributed by atoms with Crippen molar-refractivity contribution in [3.05, 3.63) is 35.4 Å². The van der Waals surface area contributed by atoms with Gasteiger partial charge in [0.2, 0.25) is 5.91 Å². The molecule has 2 aliphatic rings. The molecule has 2 fully saturated rings. The quantitative estimate of drug-likeness (QED) is 0.431. The Labute approximate surface area is 179 Å². The van der Waals surface area contributed by atoms with Crippen molar-refractivity contribution >= 4 is 11.9 Å². The molecule has 0 aromatic heterocycles. The van der Waals surface area contributed by atoms with Gasteiger partial charge in [-0.25, -0.2) is 0 Å². The number of rotatable bonds is 8. The van der Waals surface area contributed by atoms with Crippen LogP contribution < -0.4 is 16.4 Å². The van der Waals surface area contributed by atoms with Gasteiger partial charge in [0.15, 0.2) is 5.96 Å². The van der Waals surface area contributed by atoms with E-state index in [1.807, 2.05) is 0 Å². The number of benzene rings is 1. The van der Waals surface area contributed by atoms with Crippen molar-refractivity contribution in [2.75, 3.05) is 39.9 Å². The fraction of sp³-hybridized carbons (Fsp3) is 0.636. The van der Waals surface area contributed by atoms with Crippen LogP contribution in [0, 0.1) is 0 Å². The van der Waals surface area contributed by atoms with Gasteiger partial charge >= 0.3 is 0 Å². The highest BCUT2D eigenvalue weighted by molar-refractivity contribution is 5.80. The van der Waals surface area contributed by atoms with Crippen LogP contribution in [0.15, 0.2) is 29.3 Å². The van der Waals surface area contributed by atoms with E-state index in [1.165, 1.54) is 11.1 Å². The summed E-state index contributed by atoms with van der Waals surface area (Å²) in [6, 6.07) is 8.82. The lowest BCUT2D eigenvalue weighted by Crippen LogP contribution is -2.49. The van der Waals surface area contributed by atoms with Crippen LogP contribution in [0.2, 0.25) is 0 Å². The molecule has 2 saturated heterocycles. The maximum atomic E-state index is 11.1. The van der Waals surface area contributed by atoms with E-state index >= 15 is 0 Å². The van der Waals surface area contributed by atoms with Crippen LogP contribution in [0.4, 0.5) is 0 Å². The van der Waals surface area contributed by atoms with Crippen LogP contribution in [0.1, 0.15) is 36.8 Å². The minimum absolute atomic E-state index is 0.265. The van der Waals surface area contributed by atoms with E-state index in [-0.39, 0.29) is 5.91 Å². The minimum Gasteiger partial charge on any atom is -0.381 e. The summed E-state index contributed by atoms with van der Waals surface area (Å²) in [5, 5.41) is 6.89. The molecule has 0 aliphatic carbocycles. The van der Waals surface area contributed by atoms with Crippen molar-refractivity contribution in [1.29, 1.82) is 0 Å². The van der Waals surface area contributed by atoms with Gasteiger partial charge in [-0.15, -0.1) is 0 Å². The Hall–Kier alpha value is -2.16. The predicted octanol–water partition coefficient (Wildman–Crippen LogP) is 0.997. The highest BCUT2D eigenvalue weighted by atomic mass is 16.5. The van der Waals surface area contributed by atoms with Gasteiger partial charge in [-0.05, 0) is 36.8 Å². The van der Waals surface area contributed by atoms with Crippen molar-refractivity contribution in [1.82, 2.24) is 15.5 Å². The zero-order valence-corrected chi connectivity index (χ0v) is 17.9. The fourth-order valence-electron chi connectivity index (χ4n) is 3.92. The van der Waals surface area contributed by atoms with Gasteiger partial charge in [-0.3, -0.25) is 14.7 Å². The van der Waals surface area contributed by atoms with Crippen LogP contribution in [0.3, 0.4) is 0 Å². The number of hydrogen-bond acceptors (Lipinski definition) is 5. The van der Waals surface area contributed by atoms with Crippen molar-refractivity contribution in [2.24, 2.45) is 10.7 Å². The Kier molecular flexibility index (Phi) is 8.92. The van der Waals surface area contributed by atoms with Crippen LogP contribution in [-0.2, 0) is 27.4 Å². The highest BCUT2D eigenvalue weighted by Gasteiger charge is 2.20. The third kappa shape index (κ3) is 7.59. The number of ether oxygens (including phenoxy) is 2. The summed E-state index contributed by atoms with van der Waals surface area (Å²) in [6.07, 6.45) is 4.19.